The molecule has 0 bridgehead atoms. The third-order valence-electron chi connectivity index (χ3n) is 9.52. The summed E-state index contributed by atoms with van der Waals surface area (Å²) in [5, 5.41) is 7.23. The number of rotatable bonds is 3. The molecular weight excluding hydrogens is 572 g/mol. The van der Waals surface area contributed by atoms with E-state index in [2.05, 4.69) is 179 Å². The summed E-state index contributed by atoms with van der Waals surface area (Å²) in [6, 6.07) is 60.8. The molecule has 8 aromatic carbocycles. The molecule has 0 unspecified atom stereocenters. The molecule has 9 aromatic rings. The van der Waals surface area contributed by atoms with E-state index in [1.54, 1.807) is 0 Å². The van der Waals surface area contributed by atoms with Crippen molar-refractivity contribution >= 4 is 60.4 Å². The molecule has 0 aliphatic carbocycles. The summed E-state index contributed by atoms with van der Waals surface area (Å²) in [5.41, 5.74) is 9.02. The van der Waals surface area contributed by atoms with Crippen LogP contribution in [-0.4, -0.2) is 4.57 Å². The average Bonchev–Trinajstić information content (AvgIpc) is 3.47. The van der Waals surface area contributed by atoms with Crippen LogP contribution in [0.3, 0.4) is 0 Å². The van der Waals surface area contributed by atoms with Gasteiger partial charge in [-0.05, 0) is 87.9 Å². The highest BCUT2D eigenvalue weighted by Gasteiger charge is 2.28. The first-order valence-corrected chi connectivity index (χ1v) is 16.0. The maximum absolute atomic E-state index is 6.70. The predicted molar refractivity (Wildman–Crippen MR) is 196 cm³/mol. The normalized spacial score (nSPS) is 12.4. The van der Waals surface area contributed by atoms with Crippen molar-refractivity contribution in [2.45, 2.75) is 0 Å². The number of hydrogen-bond acceptors (Lipinski definition) is 2. The monoisotopic (exact) mass is 600 g/mol. The number of hydrogen-bond donors (Lipinski definition) is 0. The first-order chi connectivity index (χ1) is 23.3. The molecule has 0 radical (unpaired) electrons. The largest absolute Gasteiger partial charge is 0.452 e. The maximum Gasteiger partial charge on any atom is 0.159 e. The molecule has 10 rings (SSSR count). The molecule has 3 nitrogen and oxygen atoms in total. The summed E-state index contributed by atoms with van der Waals surface area (Å²) >= 11 is 0. The molecule has 2 heterocycles. The van der Waals surface area contributed by atoms with Gasteiger partial charge in [-0.25, -0.2) is 0 Å². The zero-order valence-electron chi connectivity index (χ0n) is 25.5. The van der Waals surface area contributed by atoms with E-state index >= 15 is 0 Å². The van der Waals surface area contributed by atoms with Crippen molar-refractivity contribution in [2.75, 3.05) is 4.90 Å². The SMILES string of the molecule is c1ccc(N2c3cc(-c4ccc5c(c4)c4ccccc4n5-c4ccc5ccccc5c4)ccc3Oc3c2ccc2ccccc32)cc1. The summed E-state index contributed by atoms with van der Waals surface area (Å²) in [6.45, 7) is 0. The van der Waals surface area contributed by atoms with Gasteiger partial charge in [-0.2, -0.15) is 0 Å². The minimum atomic E-state index is 0.843. The Hall–Kier alpha value is -6.32. The number of benzene rings is 8. The van der Waals surface area contributed by atoms with E-state index in [1.807, 2.05) is 0 Å². The van der Waals surface area contributed by atoms with Crippen LogP contribution in [0, 0.1) is 0 Å². The second-order valence-electron chi connectivity index (χ2n) is 12.2. The Kier molecular flexibility index (Phi) is 5.57. The molecule has 47 heavy (non-hydrogen) atoms. The number of nitrogens with zero attached hydrogens (tertiary/aromatic N) is 2. The van der Waals surface area contributed by atoms with Gasteiger partial charge >= 0.3 is 0 Å². The standard InChI is InChI=1S/C44H28N2O/c1-2-13-34(14-3-1)45-41-24-19-30-11-6-7-15-36(30)44(41)47-43-25-21-33(28-42(43)45)32-20-23-40-38(27-32)37-16-8-9-17-39(37)46(40)35-22-18-29-10-4-5-12-31(29)26-35/h1-28H. The van der Waals surface area contributed by atoms with Crippen molar-refractivity contribution in [3.63, 3.8) is 0 Å². The molecule has 0 fully saturated rings. The lowest BCUT2D eigenvalue weighted by atomic mass is 9.99. The van der Waals surface area contributed by atoms with E-state index in [4.69, 9.17) is 4.74 Å². The third-order valence-corrected chi connectivity index (χ3v) is 9.52. The van der Waals surface area contributed by atoms with Crippen LogP contribution in [0.25, 0.3) is 60.2 Å². The van der Waals surface area contributed by atoms with Crippen molar-refractivity contribution in [1.82, 2.24) is 4.57 Å². The summed E-state index contributed by atoms with van der Waals surface area (Å²) in [4.78, 5) is 2.33. The van der Waals surface area contributed by atoms with Gasteiger partial charge in [0.15, 0.2) is 11.5 Å². The van der Waals surface area contributed by atoms with Crippen molar-refractivity contribution in [1.29, 1.82) is 0 Å². The Morgan fingerprint density at radius 2 is 1.06 bits per heavy atom. The van der Waals surface area contributed by atoms with Gasteiger partial charge in [-0.1, -0.05) is 109 Å². The number of ether oxygens (including phenoxy) is 1. The van der Waals surface area contributed by atoms with Crippen LogP contribution in [-0.2, 0) is 0 Å². The zero-order valence-corrected chi connectivity index (χ0v) is 25.5. The van der Waals surface area contributed by atoms with E-state index in [0.717, 1.165) is 44.9 Å². The lowest BCUT2D eigenvalue weighted by molar-refractivity contribution is 0.482. The quantitative estimate of drug-likeness (QED) is 0.201. The molecule has 0 saturated carbocycles. The first-order valence-electron chi connectivity index (χ1n) is 16.0. The first kappa shape index (κ1) is 26.0. The fourth-order valence-electron chi connectivity index (χ4n) is 7.31. The van der Waals surface area contributed by atoms with Crippen LogP contribution < -0.4 is 9.64 Å². The molecule has 1 aliphatic heterocycles. The summed E-state index contributed by atoms with van der Waals surface area (Å²) in [6.07, 6.45) is 0. The van der Waals surface area contributed by atoms with Crippen LogP contribution >= 0.6 is 0 Å². The van der Waals surface area contributed by atoms with E-state index in [0.29, 0.717) is 0 Å². The minimum Gasteiger partial charge on any atom is -0.452 e. The maximum atomic E-state index is 6.70. The molecule has 220 valence electrons. The second-order valence-corrected chi connectivity index (χ2v) is 12.2. The van der Waals surface area contributed by atoms with Gasteiger partial charge < -0.3 is 14.2 Å². The van der Waals surface area contributed by atoms with E-state index in [9.17, 15) is 0 Å². The molecule has 0 atom stereocenters. The van der Waals surface area contributed by atoms with Gasteiger partial charge in [-0.3, -0.25) is 0 Å². The molecule has 0 N–H and O–H groups in total. The van der Waals surface area contributed by atoms with Crippen LogP contribution in [0.4, 0.5) is 17.1 Å². The lowest BCUT2D eigenvalue weighted by Crippen LogP contribution is -2.16. The van der Waals surface area contributed by atoms with Gasteiger partial charge in [0.1, 0.15) is 0 Å². The number of anilines is 3. The topological polar surface area (TPSA) is 17.4 Å². The Balaban J connectivity index is 1.15. The van der Waals surface area contributed by atoms with E-state index in [-0.39, 0.29) is 0 Å². The molecular formula is C44H28N2O. The van der Waals surface area contributed by atoms with Gasteiger partial charge in [0, 0.05) is 27.5 Å². The Labute approximate surface area is 272 Å². The molecule has 1 aromatic heterocycles. The summed E-state index contributed by atoms with van der Waals surface area (Å²) in [7, 11) is 0. The van der Waals surface area contributed by atoms with Gasteiger partial charge in [0.05, 0.1) is 22.4 Å². The molecule has 0 spiro atoms. The van der Waals surface area contributed by atoms with Crippen LogP contribution in [0.2, 0.25) is 0 Å². The Bertz CT molecular complexity index is 2670. The Morgan fingerprint density at radius 1 is 0.383 bits per heavy atom. The summed E-state index contributed by atoms with van der Waals surface area (Å²) in [5.74, 6) is 1.73. The summed E-state index contributed by atoms with van der Waals surface area (Å²) < 4.78 is 9.09. The van der Waals surface area contributed by atoms with Crippen LogP contribution in [0.5, 0.6) is 11.5 Å². The number of aromatic nitrogens is 1. The number of para-hydroxylation sites is 2. The molecule has 3 heteroatoms. The second kappa shape index (κ2) is 10.1. The van der Waals surface area contributed by atoms with Gasteiger partial charge in [0.25, 0.3) is 0 Å². The van der Waals surface area contributed by atoms with Crippen molar-refractivity contribution in [2.24, 2.45) is 0 Å². The highest BCUT2D eigenvalue weighted by Crippen LogP contribution is 2.53. The van der Waals surface area contributed by atoms with E-state index < -0.39 is 0 Å². The smallest absolute Gasteiger partial charge is 0.159 e. The average molecular weight is 601 g/mol. The fraction of sp³-hybridized carbons (Fsp3) is 0. The minimum absolute atomic E-state index is 0.843. The fourth-order valence-corrected chi connectivity index (χ4v) is 7.31. The highest BCUT2D eigenvalue weighted by molar-refractivity contribution is 6.11. The van der Waals surface area contributed by atoms with Crippen LogP contribution in [0.1, 0.15) is 0 Å². The number of fused-ring (bicyclic) bond motifs is 8. The molecule has 1 aliphatic rings. The van der Waals surface area contributed by atoms with Crippen molar-refractivity contribution < 1.29 is 4.74 Å². The van der Waals surface area contributed by atoms with E-state index in [1.165, 1.54) is 43.8 Å². The molecule has 0 amide bonds. The van der Waals surface area contributed by atoms with Crippen molar-refractivity contribution in [3.8, 4) is 28.3 Å². The lowest BCUT2D eigenvalue weighted by Gasteiger charge is -2.34. The van der Waals surface area contributed by atoms with Gasteiger partial charge in [-0.15, -0.1) is 0 Å². The van der Waals surface area contributed by atoms with Crippen molar-refractivity contribution in [3.05, 3.63) is 170 Å². The van der Waals surface area contributed by atoms with Gasteiger partial charge in [0.2, 0.25) is 0 Å². The molecule has 0 saturated heterocycles. The Morgan fingerprint density at radius 3 is 1.96 bits per heavy atom. The predicted octanol–water partition coefficient (Wildman–Crippen LogP) is 12.3. The zero-order chi connectivity index (χ0) is 30.9. The van der Waals surface area contributed by atoms with Crippen LogP contribution in [0.15, 0.2) is 170 Å². The highest BCUT2D eigenvalue weighted by atomic mass is 16.5. The third kappa shape index (κ3) is 4.00.